The van der Waals surface area contributed by atoms with Crippen LogP contribution in [0.25, 0.3) is 0 Å². The molecule has 0 amide bonds. The maximum absolute atomic E-state index is 5.97. The highest BCUT2D eigenvalue weighted by Gasteiger charge is 2.32. The van der Waals surface area contributed by atoms with Gasteiger partial charge in [-0.25, -0.2) is 4.99 Å². The molecular formula is C11H19BrN4O2. The van der Waals surface area contributed by atoms with Gasteiger partial charge in [0.15, 0.2) is 11.6 Å². The molecule has 1 unspecified atom stereocenters. The van der Waals surface area contributed by atoms with Gasteiger partial charge >= 0.3 is 0 Å². The van der Waals surface area contributed by atoms with E-state index >= 15 is 0 Å². The first-order valence-electron chi connectivity index (χ1n) is 5.87. The highest BCUT2D eigenvalue weighted by atomic mass is 79.9. The zero-order valence-corrected chi connectivity index (χ0v) is 12.5. The van der Waals surface area contributed by atoms with Crippen molar-refractivity contribution in [1.29, 1.82) is 0 Å². The number of ether oxygens (including phenoxy) is 2. The molecule has 0 radical (unpaired) electrons. The first kappa shape index (κ1) is 13.6. The second-order valence-corrected chi connectivity index (χ2v) is 5.82. The molecule has 3 N–H and O–H groups in total. The standard InChI is InChI=1S/C11H19BrN4O2/c1-11(2)17-6-7(18-11)4-14-10-9(13)16(3)5-8(12)15-10/h7,14H,4-6,13H2,1-3H3. The van der Waals surface area contributed by atoms with Crippen molar-refractivity contribution >= 4 is 20.6 Å². The number of nitrogens with one attached hydrogen (secondary N) is 1. The van der Waals surface area contributed by atoms with E-state index in [2.05, 4.69) is 26.2 Å². The minimum absolute atomic E-state index is 0.0153. The molecule has 6 nitrogen and oxygen atoms in total. The van der Waals surface area contributed by atoms with Gasteiger partial charge in [0.2, 0.25) is 0 Å². The third-order valence-corrected chi connectivity index (χ3v) is 3.25. The highest BCUT2D eigenvalue weighted by molar-refractivity contribution is 9.18. The van der Waals surface area contributed by atoms with E-state index in [-0.39, 0.29) is 6.10 Å². The van der Waals surface area contributed by atoms with Crippen LogP contribution in [-0.2, 0) is 9.47 Å². The summed E-state index contributed by atoms with van der Waals surface area (Å²) in [5.41, 5.74) is 5.97. The fraction of sp³-hybridized carbons (Fsp3) is 0.727. The van der Waals surface area contributed by atoms with Crippen molar-refractivity contribution in [3.05, 3.63) is 11.6 Å². The summed E-state index contributed by atoms with van der Waals surface area (Å²) in [4.78, 5) is 6.28. The van der Waals surface area contributed by atoms with Gasteiger partial charge < -0.3 is 25.4 Å². The van der Waals surface area contributed by atoms with Crippen molar-refractivity contribution in [1.82, 2.24) is 10.2 Å². The van der Waals surface area contributed by atoms with Gasteiger partial charge in [0.05, 0.1) is 13.2 Å². The fourth-order valence-corrected chi connectivity index (χ4v) is 2.43. The Balaban J connectivity index is 1.92. The number of hydrogen-bond donors (Lipinski definition) is 2. The number of nitrogens with zero attached hydrogens (tertiary/aromatic N) is 2. The number of nitrogens with two attached hydrogens (primary N) is 1. The number of halogens is 1. The molecule has 0 aromatic heterocycles. The van der Waals surface area contributed by atoms with Crippen LogP contribution in [-0.4, -0.2) is 48.2 Å². The van der Waals surface area contributed by atoms with Crippen molar-refractivity contribution in [3.63, 3.8) is 0 Å². The smallest absolute Gasteiger partial charge is 0.167 e. The summed E-state index contributed by atoms with van der Waals surface area (Å²) < 4.78 is 12.1. The Hall–Kier alpha value is -0.790. The van der Waals surface area contributed by atoms with Crippen molar-refractivity contribution in [2.75, 3.05) is 26.7 Å². The van der Waals surface area contributed by atoms with E-state index in [4.69, 9.17) is 15.2 Å². The van der Waals surface area contributed by atoms with Gasteiger partial charge in [-0.05, 0) is 29.8 Å². The Morgan fingerprint density at radius 2 is 2.33 bits per heavy atom. The third-order valence-electron chi connectivity index (χ3n) is 2.82. The lowest BCUT2D eigenvalue weighted by Gasteiger charge is -2.26. The Bertz CT molecular complexity index is 395. The summed E-state index contributed by atoms with van der Waals surface area (Å²) >= 11 is 3.39. The third kappa shape index (κ3) is 3.15. The highest BCUT2D eigenvalue weighted by Crippen LogP contribution is 2.22. The van der Waals surface area contributed by atoms with Crippen LogP contribution in [0.4, 0.5) is 0 Å². The summed E-state index contributed by atoms with van der Waals surface area (Å²) in [7, 11) is 1.92. The molecular weight excluding hydrogens is 300 g/mol. The molecule has 18 heavy (non-hydrogen) atoms. The fourth-order valence-electron chi connectivity index (χ4n) is 1.88. The van der Waals surface area contributed by atoms with Crippen LogP contribution in [0.1, 0.15) is 13.8 Å². The van der Waals surface area contributed by atoms with E-state index in [1.807, 2.05) is 25.8 Å². The molecule has 2 heterocycles. The molecule has 2 aliphatic rings. The lowest BCUT2D eigenvalue weighted by molar-refractivity contribution is -0.137. The van der Waals surface area contributed by atoms with Gasteiger partial charge in [0.1, 0.15) is 16.5 Å². The minimum atomic E-state index is -0.501. The molecule has 2 rings (SSSR count). The predicted octanol–water partition coefficient (Wildman–Crippen LogP) is 0.552. The Morgan fingerprint density at radius 3 is 2.94 bits per heavy atom. The van der Waals surface area contributed by atoms with Gasteiger partial charge in [0.25, 0.3) is 0 Å². The molecule has 1 fully saturated rings. The van der Waals surface area contributed by atoms with Crippen molar-refractivity contribution in [3.8, 4) is 0 Å². The number of hydrogen-bond acceptors (Lipinski definition) is 6. The van der Waals surface area contributed by atoms with Crippen molar-refractivity contribution in [2.24, 2.45) is 10.7 Å². The van der Waals surface area contributed by atoms with Crippen molar-refractivity contribution < 1.29 is 9.47 Å². The summed E-state index contributed by atoms with van der Waals surface area (Å²) in [6, 6.07) is 0. The zero-order chi connectivity index (χ0) is 13.3. The van der Waals surface area contributed by atoms with E-state index in [0.29, 0.717) is 31.3 Å². The largest absolute Gasteiger partial charge is 0.382 e. The summed E-state index contributed by atoms with van der Waals surface area (Å²) in [6.07, 6.45) is 0.0153. The first-order chi connectivity index (χ1) is 8.37. The topological polar surface area (TPSA) is 72.1 Å². The molecule has 0 aromatic carbocycles. The van der Waals surface area contributed by atoms with Crippen LogP contribution in [0, 0.1) is 0 Å². The Morgan fingerprint density at radius 1 is 1.61 bits per heavy atom. The molecule has 0 spiro atoms. The van der Waals surface area contributed by atoms with Crippen LogP contribution in [0.2, 0.25) is 0 Å². The molecule has 2 aliphatic heterocycles. The molecule has 1 atom stereocenters. The summed E-state index contributed by atoms with van der Waals surface area (Å²) in [5, 5.41) is 3.20. The minimum Gasteiger partial charge on any atom is -0.382 e. The summed E-state index contributed by atoms with van der Waals surface area (Å²) in [6.45, 7) is 5.70. The predicted molar refractivity (Wildman–Crippen MR) is 73.1 cm³/mol. The molecule has 7 heteroatoms. The van der Waals surface area contributed by atoms with Gasteiger partial charge in [-0.3, -0.25) is 0 Å². The van der Waals surface area contributed by atoms with E-state index in [0.717, 1.165) is 4.62 Å². The molecule has 0 saturated carbocycles. The SMILES string of the molecule is CN1CC(Br)=NC(NCC2COC(C)(C)O2)=C1N. The quantitative estimate of drug-likeness (QED) is 0.795. The normalized spacial score (nSPS) is 27.4. The van der Waals surface area contributed by atoms with Gasteiger partial charge in [-0.1, -0.05) is 0 Å². The lowest BCUT2D eigenvalue weighted by Crippen LogP contribution is -2.38. The second kappa shape index (κ2) is 5.07. The maximum atomic E-state index is 5.97. The first-order valence-corrected chi connectivity index (χ1v) is 6.66. The van der Waals surface area contributed by atoms with Gasteiger partial charge in [-0.2, -0.15) is 0 Å². The molecule has 102 valence electrons. The van der Waals surface area contributed by atoms with Crippen molar-refractivity contribution in [2.45, 2.75) is 25.7 Å². The Labute approximate surface area is 115 Å². The molecule has 0 aromatic rings. The van der Waals surface area contributed by atoms with Crippen LogP contribution >= 0.6 is 15.9 Å². The van der Waals surface area contributed by atoms with Gasteiger partial charge in [0, 0.05) is 13.6 Å². The molecule has 0 bridgehead atoms. The van der Waals surface area contributed by atoms with Crippen LogP contribution in [0.3, 0.4) is 0 Å². The van der Waals surface area contributed by atoms with Crippen LogP contribution < -0.4 is 11.1 Å². The van der Waals surface area contributed by atoms with E-state index in [1.54, 1.807) is 0 Å². The van der Waals surface area contributed by atoms with Crippen LogP contribution in [0.5, 0.6) is 0 Å². The number of rotatable bonds is 3. The average Bonchev–Trinajstić information content (AvgIpc) is 2.61. The van der Waals surface area contributed by atoms with Gasteiger partial charge in [-0.15, -0.1) is 0 Å². The Kier molecular flexibility index (Phi) is 3.84. The summed E-state index contributed by atoms with van der Waals surface area (Å²) in [5.74, 6) is 0.805. The maximum Gasteiger partial charge on any atom is 0.167 e. The van der Waals surface area contributed by atoms with E-state index in [1.165, 1.54) is 0 Å². The van der Waals surface area contributed by atoms with E-state index in [9.17, 15) is 0 Å². The monoisotopic (exact) mass is 318 g/mol. The lowest BCUT2D eigenvalue weighted by atomic mass is 10.3. The van der Waals surface area contributed by atoms with Crippen LogP contribution in [0.15, 0.2) is 16.6 Å². The molecule has 1 saturated heterocycles. The average molecular weight is 319 g/mol. The second-order valence-electron chi connectivity index (χ2n) is 4.91. The molecule has 0 aliphatic carbocycles. The number of aliphatic imine (C=N–C) groups is 1. The van der Waals surface area contributed by atoms with E-state index < -0.39 is 5.79 Å². The zero-order valence-electron chi connectivity index (χ0n) is 10.9.